The van der Waals surface area contributed by atoms with Gasteiger partial charge < -0.3 is 25.0 Å². The Bertz CT molecular complexity index is 1250. The van der Waals surface area contributed by atoms with Gasteiger partial charge in [0.25, 0.3) is 5.91 Å². The Labute approximate surface area is 225 Å². The minimum Gasteiger partial charge on any atom is -0.370 e. The molecule has 6 rings (SSSR count). The Kier molecular flexibility index (Phi) is 7.21. The molecule has 0 aromatic carbocycles. The van der Waals surface area contributed by atoms with Crippen LogP contribution in [0.2, 0.25) is 0 Å². The lowest BCUT2D eigenvalue weighted by Gasteiger charge is -2.41. The van der Waals surface area contributed by atoms with Crippen molar-refractivity contribution in [1.82, 2.24) is 29.7 Å². The monoisotopic (exact) mass is 516 g/mol. The van der Waals surface area contributed by atoms with Gasteiger partial charge in [-0.05, 0) is 43.9 Å². The van der Waals surface area contributed by atoms with E-state index in [1.807, 2.05) is 38.6 Å². The third-order valence-electron chi connectivity index (χ3n) is 8.54. The number of carbonyl (C=O) groups is 1. The molecule has 3 aromatic heterocycles. The largest absolute Gasteiger partial charge is 0.370 e. The molecular weight excluding hydrogens is 476 g/mol. The number of carbonyl (C=O) groups excluding carboxylic acids is 1. The van der Waals surface area contributed by atoms with Crippen molar-refractivity contribution in [3.63, 3.8) is 0 Å². The number of nitrogens with one attached hydrogen (secondary N) is 2. The predicted octanol–water partition coefficient (Wildman–Crippen LogP) is 3.87. The van der Waals surface area contributed by atoms with Gasteiger partial charge in [-0.25, -0.2) is 9.97 Å². The minimum atomic E-state index is 0.0387. The van der Waals surface area contributed by atoms with Crippen LogP contribution in [0.1, 0.15) is 55.1 Å². The van der Waals surface area contributed by atoms with Gasteiger partial charge in [0.1, 0.15) is 17.3 Å². The third-order valence-corrected chi connectivity index (χ3v) is 8.54. The molecule has 202 valence electrons. The second kappa shape index (κ2) is 10.9. The molecule has 38 heavy (non-hydrogen) atoms. The fourth-order valence-electron chi connectivity index (χ4n) is 6.45. The molecule has 2 aliphatic heterocycles. The number of fused-ring (bicyclic) bond motifs is 1. The predicted molar refractivity (Wildman–Crippen MR) is 152 cm³/mol. The van der Waals surface area contributed by atoms with E-state index in [4.69, 9.17) is 4.98 Å². The van der Waals surface area contributed by atoms with Crippen molar-refractivity contribution in [2.24, 2.45) is 0 Å². The molecule has 0 radical (unpaired) electrons. The number of pyridine rings is 2. The average molecular weight is 517 g/mol. The summed E-state index contributed by atoms with van der Waals surface area (Å²) in [7, 11) is 3.63. The molecule has 3 aromatic rings. The lowest BCUT2D eigenvalue weighted by atomic mass is 10.0. The van der Waals surface area contributed by atoms with Gasteiger partial charge >= 0.3 is 0 Å². The molecule has 3 fully saturated rings. The third kappa shape index (κ3) is 5.09. The topological polar surface area (TPSA) is 81.6 Å². The van der Waals surface area contributed by atoms with Crippen LogP contribution in [-0.2, 0) is 0 Å². The Balaban J connectivity index is 1.16. The normalized spacial score (nSPS) is 19.8. The van der Waals surface area contributed by atoms with Gasteiger partial charge in [-0.3, -0.25) is 9.69 Å². The molecule has 9 heteroatoms. The lowest BCUT2D eigenvalue weighted by molar-refractivity contribution is 0.0815. The molecule has 9 nitrogen and oxygen atoms in total. The highest BCUT2D eigenvalue weighted by atomic mass is 16.2. The van der Waals surface area contributed by atoms with Crippen LogP contribution < -0.4 is 15.5 Å². The molecule has 0 unspecified atom stereocenters. The van der Waals surface area contributed by atoms with E-state index in [1.54, 1.807) is 4.90 Å². The molecule has 1 amide bonds. The number of amides is 1. The molecule has 3 aliphatic rings. The number of anilines is 3. The highest BCUT2D eigenvalue weighted by Gasteiger charge is 2.27. The van der Waals surface area contributed by atoms with Gasteiger partial charge in [0, 0.05) is 83.1 Å². The second-order valence-electron chi connectivity index (χ2n) is 11.2. The molecule has 0 atom stereocenters. The van der Waals surface area contributed by atoms with Crippen molar-refractivity contribution in [3.05, 3.63) is 42.4 Å². The first kappa shape index (κ1) is 25.1. The minimum absolute atomic E-state index is 0.0387. The van der Waals surface area contributed by atoms with Crippen LogP contribution in [0.25, 0.3) is 10.9 Å². The molecule has 0 bridgehead atoms. The zero-order valence-corrected chi connectivity index (χ0v) is 22.7. The zero-order chi connectivity index (χ0) is 26.1. The van der Waals surface area contributed by atoms with Gasteiger partial charge in [-0.1, -0.05) is 12.8 Å². The molecule has 1 aliphatic carbocycles. The summed E-state index contributed by atoms with van der Waals surface area (Å²) >= 11 is 0. The highest BCUT2D eigenvalue weighted by molar-refractivity contribution is 5.99. The maximum Gasteiger partial charge on any atom is 0.270 e. The molecule has 2 saturated heterocycles. The number of aromatic nitrogens is 3. The first-order valence-corrected chi connectivity index (χ1v) is 14.2. The van der Waals surface area contributed by atoms with Crippen molar-refractivity contribution >= 4 is 34.1 Å². The van der Waals surface area contributed by atoms with Gasteiger partial charge in [-0.2, -0.15) is 0 Å². The van der Waals surface area contributed by atoms with Crippen LogP contribution in [0.15, 0.2) is 36.7 Å². The van der Waals surface area contributed by atoms with Crippen LogP contribution in [0.4, 0.5) is 17.3 Å². The lowest BCUT2D eigenvalue weighted by Crippen LogP contribution is -2.52. The van der Waals surface area contributed by atoms with Crippen LogP contribution in [-0.4, -0.2) is 89.6 Å². The van der Waals surface area contributed by atoms with Gasteiger partial charge in [-0.15, -0.1) is 0 Å². The molecule has 0 spiro atoms. The number of rotatable bonds is 6. The maximum atomic E-state index is 13.0. The summed E-state index contributed by atoms with van der Waals surface area (Å²) < 4.78 is 2.25. The van der Waals surface area contributed by atoms with Crippen LogP contribution in [0, 0.1) is 0 Å². The van der Waals surface area contributed by atoms with E-state index in [0.29, 0.717) is 12.1 Å². The van der Waals surface area contributed by atoms with Gasteiger partial charge in [0.15, 0.2) is 0 Å². The van der Waals surface area contributed by atoms with E-state index < -0.39 is 0 Å². The fourth-order valence-corrected chi connectivity index (χ4v) is 6.45. The van der Waals surface area contributed by atoms with Crippen molar-refractivity contribution in [2.45, 2.75) is 50.6 Å². The van der Waals surface area contributed by atoms with Gasteiger partial charge in [0.05, 0.1) is 17.4 Å². The smallest absolute Gasteiger partial charge is 0.270 e. The fraction of sp³-hybridized carbons (Fsp3) is 0.552. The van der Waals surface area contributed by atoms with Gasteiger partial charge in [0.2, 0.25) is 0 Å². The Hall–Kier alpha value is -3.17. The summed E-state index contributed by atoms with van der Waals surface area (Å²) in [4.78, 5) is 29.1. The molecule has 5 heterocycles. The number of nitrogens with zero attached hydrogens (tertiary/aromatic N) is 6. The average Bonchev–Trinajstić information content (AvgIpc) is 3.61. The first-order chi connectivity index (χ1) is 18.6. The van der Waals surface area contributed by atoms with Crippen molar-refractivity contribution in [2.75, 3.05) is 63.6 Å². The zero-order valence-electron chi connectivity index (χ0n) is 22.7. The molecule has 1 saturated carbocycles. The highest BCUT2D eigenvalue weighted by Crippen LogP contribution is 2.36. The maximum absolute atomic E-state index is 13.0. The Morgan fingerprint density at radius 3 is 2.34 bits per heavy atom. The Morgan fingerprint density at radius 2 is 1.66 bits per heavy atom. The van der Waals surface area contributed by atoms with E-state index in [9.17, 15) is 4.79 Å². The first-order valence-electron chi connectivity index (χ1n) is 14.2. The quantitative estimate of drug-likeness (QED) is 0.515. The summed E-state index contributed by atoms with van der Waals surface area (Å²) in [5.41, 5.74) is 2.99. The summed E-state index contributed by atoms with van der Waals surface area (Å²) in [6.07, 6.45) is 10.9. The van der Waals surface area contributed by atoms with E-state index in [2.05, 4.69) is 42.1 Å². The van der Waals surface area contributed by atoms with Crippen molar-refractivity contribution in [3.8, 4) is 0 Å². The summed E-state index contributed by atoms with van der Waals surface area (Å²) in [6.45, 7) is 6.72. The summed E-state index contributed by atoms with van der Waals surface area (Å²) in [5.74, 6) is 1.56. The molecule has 2 N–H and O–H groups in total. The van der Waals surface area contributed by atoms with Crippen LogP contribution >= 0.6 is 0 Å². The Morgan fingerprint density at radius 1 is 0.921 bits per heavy atom. The number of hydrogen-bond acceptors (Lipinski definition) is 7. The van der Waals surface area contributed by atoms with Crippen molar-refractivity contribution < 1.29 is 4.79 Å². The number of piperazine rings is 1. The summed E-state index contributed by atoms with van der Waals surface area (Å²) in [6, 6.07) is 9.32. The van der Waals surface area contributed by atoms with E-state index in [-0.39, 0.29) is 5.91 Å². The SMILES string of the molecule is CN(C)C(=O)c1cc2cnc(Nc3ccc(N4CCC(N5CCNCC5)CC4)cn3)cc2n1C1CCCC1. The van der Waals surface area contributed by atoms with E-state index >= 15 is 0 Å². The van der Waals surface area contributed by atoms with Crippen LogP contribution in [0.5, 0.6) is 0 Å². The summed E-state index contributed by atoms with van der Waals surface area (Å²) in [5, 5.41) is 7.85. The van der Waals surface area contributed by atoms with E-state index in [1.165, 1.54) is 44.5 Å². The molecular formula is C29H40N8O. The standard InChI is InChI=1S/C29H40N8O/c1-34(2)29(38)26-17-21-19-31-28(18-25(21)37(26)23-5-3-4-6-23)33-27-8-7-24(20-32-27)35-13-9-22(10-14-35)36-15-11-30-12-16-36/h7-8,17-20,22-23,30H,3-6,9-16H2,1-2H3,(H,31,32,33). The van der Waals surface area contributed by atoms with E-state index in [0.717, 1.165) is 67.3 Å². The van der Waals surface area contributed by atoms with Crippen LogP contribution in [0.3, 0.4) is 0 Å². The number of piperidine rings is 1. The number of hydrogen-bond donors (Lipinski definition) is 2. The second-order valence-corrected chi connectivity index (χ2v) is 11.2. The van der Waals surface area contributed by atoms with Crippen molar-refractivity contribution in [1.29, 1.82) is 0 Å².